The molecule has 0 spiro atoms. The van der Waals surface area contributed by atoms with Gasteiger partial charge in [-0.05, 0) is 121 Å². The second-order valence-corrected chi connectivity index (χ2v) is 32.1. The predicted molar refractivity (Wildman–Crippen MR) is 354 cm³/mol. The van der Waals surface area contributed by atoms with Crippen molar-refractivity contribution in [2.75, 3.05) is 14.1 Å². The van der Waals surface area contributed by atoms with Gasteiger partial charge in [-0.15, -0.1) is 0 Å². The highest BCUT2D eigenvalue weighted by atomic mass is 19.2. The van der Waals surface area contributed by atoms with E-state index < -0.39 is 267 Å². The van der Waals surface area contributed by atoms with Crippen LogP contribution in [0.2, 0.25) is 0 Å². The van der Waals surface area contributed by atoms with E-state index in [2.05, 4.69) is 69.5 Å². The zero-order valence-corrected chi connectivity index (χ0v) is 63.0. The summed E-state index contributed by atoms with van der Waals surface area (Å²) >= 11 is 0. The molecule has 2 saturated heterocycles. The lowest BCUT2D eigenvalue weighted by Crippen LogP contribution is -3.24. The number of halogens is 30. The second-order valence-electron chi connectivity index (χ2n) is 32.1. The van der Waals surface area contributed by atoms with Crippen LogP contribution in [0.4, 0.5) is 141 Å². The molecule has 2 aliphatic heterocycles. The van der Waals surface area contributed by atoms with Crippen LogP contribution in [0.3, 0.4) is 0 Å². The Hall–Kier alpha value is -8.97. The first kappa shape index (κ1) is 92.2. The maximum absolute atomic E-state index is 16.2. The number of piperidine rings is 2. The van der Waals surface area contributed by atoms with Gasteiger partial charge in [-0.2, -0.15) is 0 Å². The smallest absolute Gasteiger partial charge is 0.362 e. The fourth-order valence-corrected chi connectivity index (χ4v) is 14.3. The van der Waals surface area contributed by atoms with Crippen molar-refractivity contribution in [1.82, 2.24) is 9.80 Å². The van der Waals surface area contributed by atoms with Gasteiger partial charge in [0.25, 0.3) is 12.7 Å². The highest BCUT2D eigenvalue weighted by molar-refractivity contribution is 7.08. The largest absolute Gasteiger partial charge is 0.659 e. The Balaban J connectivity index is 0.000000700. The average Bonchev–Trinajstić information content (AvgIpc) is 0.700. The third kappa shape index (κ3) is 16.0. The number of hydrogen-bond acceptors (Lipinski definition) is 4. The maximum Gasteiger partial charge on any atom is 0.362 e. The fraction of sp³-hybridized carbons (Fsp3) is 0.405. The van der Waals surface area contributed by atoms with Crippen molar-refractivity contribution in [2.24, 2.45) is 0 Å². The fourth-order valence-electron chi connectivity index (χ4n) is 14.3. The van der Waals surface area contributed by atoms with E-state index in [0.717, 1.165) is 41.5 Å². The third-order valence-electron chi connectivity index (χ3n) is 21.5. The van der Waals surface area contributed by atoms with Crippen LogP contribution < -0.4 is 42.6 Å². The van der Waals surface area contributed by atoms with Crippen molar-refractivity contribution >= 4 is 57.7 Å². The van der Waals surface area contributed by atoms with Gasteiger partial charge in [0.1, 0.15) is 69.8 Å². The van der Waals surface area contributed by atoms with Crippen LogP contribution in [0.1, 0.15) is 147 Å². The molecule has 0 bridgehead atoms. The summed E-state index contributed by atoms with van der Waals surface area (Å²) in [5, 5.41) is 0. The van der Waals surface area contributed by atoms with Gasteiger partial charge in [-0.3, -0.25) is 0 Å². The van der Waals surface area contributed by atoms with Gasteiger partial charge in [0, 0.05) is 49.9 Å². The molecule has 7 aromatic rings. The normalized spacial score (nSPS) is 15.8. The van der Waals surface area contributed by atoms with Crippen LogP contribution in [0.5, 0.6) is 0 Å². The summed E-state index contributed by atoms with van der Waals surface area (Å²) in [7, 11) is 4.66. The zero-order chi connectivity index (χ0) is 87.3. The van der Waals surface area contributed by atoms with Crippen LogP contribution in [0.25, 0.3) is 0 Å². The van der Waals surface area contributed by atoms with Crippen molar-refractivity contribution in [3.8, 4) is 0 Å². The molecule has 9 rings (SSSR count). The first-order valence-corrected chi connectivity index (χ1v) is 34.2. The van der Waals surface area contributed by atoms with Crippen LogP contribution in [-0.2, 0) is 22.4 Å². The van der Waals surface area contributed by atoms with Gasteiger partial charge < -0.3 is 28.9 Å². The first-order valence-electron chi connectivity index (χ1n) is 34.2. The summed E-state index contributed by atoms with van der Waals surface area (Å²) in [5.74, 6) is -104. The maximum atomic E-state index is 16.2. The molecule has 0 atom stereocenters. The average molecular weight is 1670 g/mol. The summed E-state index contributed by atoms with van der Waals surface area (Å²) in [6.45, 7) is 21.3. The SMILES string of the molecule is CC(C)(C)N(Cc1ccc(CN(C(=O)O[B-](c2c(F)c(F)c(F)c(F)c2F)(c2c(F)c(F)c(F)c(F)c2F)c2c(F)c(F)c(F)c(F)c2F)C(C)(C)C)cc1)C(=O)O[B-](c1c(F)c(F)c(F)c(F)c1F)(c1c(F)c(F)c(F)c(F)c1F)c1c(F)c(F)c(F)c(F)c1F.C[NH+]1C(C)(C)CCCC1(C)C.C[NH+]1C(C)(C)CCCC1(C)C. The van der Waals surface area contributed by atoms with Gasteiger partial charge in [0.2, 0.25) is 0 Å². The van der Waals surface area contributed by atoms with E-state index in [1.54, 1.807) is 9.80 Å². The topological polar surface area (TPSA) is 68.0 Å². The number of benzene rings is 7. The molecule has 0 radical (unpaired) electrons. The highest BCUT2D eigenvalue weighted by Gasteiger charge is 2.56. The summed E-state index contributed by atoms with van der Waals surface area (Å²) < 4.78 is 474. The monoisotopic (exact) mass is 1670 g/mol. The lowest BCUT2D eigenvalue weighted by Gasteiger charge is -2.47. The van der Waals surface area contributed by atoms with E-state index in [1.165, 1.54) is 38.5 Å². The molecule has 2 aliphatic rings. The standard InChI is InChI=1S/C54H26B2F30N2O4.2C10H21N/c1-53(2,3)87(51(89)91-55(15-21(57)33(69)45(81)34(70)22(15)58,16-23(59)35(71)46(82)36(72)24(16)60)17-25(61)37(73)47(83)38(74)26(17)62)11-13-7-9-14(10-8-13)12-88(54(4,5)6)52(90)92-56(18-27(63)39(75)48(84)40(76)28(18)64,19-29(65)41(77)49(85)42(78)30(19)66)20-31(67)43(79)50(86)44(80)32(20)68;2*1-9(2)7-6-8-10(3,4)11(9)5/h7-10H,11-12H2,1-6H3;2*6-8H2,1-5H3/q-2;;/p+2. The van der Waals surface area contributed by atoms with Gasteiger partial charge in [-0.1, -0.05) is 57.0 Å². The second kappa shape index (κ2) is 32.3. The van der Waals surface area contributed by atoms with E-state index in [-0.39, 0.29) is 9.80 Å². The molecule has 2 heterocycles. The van der Waals surface area contributed by atoms with Crippen molar-refractivity contribution in [2.45, 2.75) is 182 Å². The Morgan fingerprint density at radius 1 is 0.289 bits per heavy atom. The molecule has 8 nitrogen and oxygen atoms in total. The summed E-state index contributed by atoms with van der Waals surface area (Å²) in [6, 6.07) is 2.77. The number of likely N-dealkylation sites (tertiary alicyclic amines) is 2. The number of nitrogens with zero attached hydrogens (tertiary/aromatic N) is 2. The van der Waals surface area contributed by atoms with Crippen molar-refractivity contribution < 1.29 is 160 Å². The Labute approximate surface area is 631 Å². The van der Waals surface area contributed by atoms with Gasteiger partial charge >= 0.3 is 12.2 Å². The molecule has 2 fully saturated rings. The summed E-state index contributed by atoms with van der Waals surface area (Å²) in [4.78, 5) is 32.7. The van der Waals surface area contributed by atoms with E-state index in [1.807, 2.05) is 0 Å². The van der Waals surface area contributed by atoms with Crippen LogP contribution in [0, 0.1) is 175 Å². The molecule has 7 aromatic carbocycles. The number of rotatable bonds is 12. The van der Waals surface area contributed by atoms with E-state index in [4.69, 9.17) is 9.31 Å². The Kier molecular flexibility index (Phi) is 26.1. The lowest BCUT2D eigenvalue weighted by atomic mass is 9.27. The molecule has 0 saturated carbocycles. The molecule has 2 amide bonds. The number of carbonyl (C=O) groups is 2. The molecule has 114 heavy (non-hydrogen) atoms. The lowest BCUT2D eigenvalue weighted by molar-refractivity contribution is -0.982. The van der Waals surface area contributed by atoms with Gasteiger partial charge in [0.15, 0.2) is 105 Å². The number of nitrogens with one attached hydrogen (secondary N) is 2. The first-order chi connectivity index (χ1) is 52.0. The predicted octanol–water partition coefficient (Wildman–Crippen LogP) is 15.2. The zero-order valence-electron chi connectivity index (χ0n) is 63.0. The molecule has 0 aliphatic carbocycles. The van der Waals surface area contributed by atoms with Crippen LogP contribution in [0.15, 0.2) is 24.3 Å². The quantitative estimate of drug-likeness (QED) is 0.0554. The number of amides is 2. The third-order valence-corrected chi connectivity index (χ3v) is 21.5. The minimum absolute atomic E-state index is 0.00127. The summed E-state index contributed by atoms with van der Waals surface area (Å²) in [6.07, 6.45) is -11.1. The molecule has 0 aromatic heterocycles. The molecule has 2 N–H and O–H groups in total. The van der Waals surface area contributed by atoms with Crippen molar-refractivity contribution in [3.05, 3.63) is 210 Å². The number of quaternary nitrogens is 2. The molecule has 40 heteroatoms. The summed E-state index contributed by atoms with van der Waals surface area (Å²) in [5.41, 5.74) is -23.7. The Morgan fingerprint density at radius 2 is 0.421 bits per heavy atom. The van der Waals surface area contributed by atoms with Crippen LogP contribution in [-0.4, -0.2) is 82.0 Å². The van der Waals surface area contributed by atoms with Gasteiger partial charge in [0.05, 0.1) is 36.3 Å². The molecular weight excluding hydrogens is 1600 g/mol. The van der Waals surface area contributed by atoms with Gasteiger partial charge in [-0.25, -0.2) is 141 Å². The minimum Gasteiger partial charge on any atom is -0.659 e. The van der Waals surface area contributed by atoms with E-state index in [0.29, 0.717) is 46.4 Å². The van der Waals surface area contributed by atoms with E-state index >= 15 is 105 Å². The minimum atomic E-state index is -6.98. The van der Waals surface area contributed by atoms with E-state index in [9.17, 15) is 35.9 Å². The van der Waals surface area contributed by atoms with Crippen LogP contribution >= 0.6 is 0 Å². The number of carbonyl (C=O) groups excluding carboxylic acids is 2. The molecule has 0 unspecified atom stereocenters. The number of hydrogen-bond donors (Lipinski definition) is 2. The Bertz CT molecular complexity index is 4140. The molecular formula is C74H70B2F30N4O4. The molecule has 626 valence electrons. The van der Waals surface area contributed by atoms with Crippen molar-refractivity contribution in [1.29, 1.82) is 0 Å². The Morgan fingerprint density at radius 3 is 0.544 bits per heavy atom. The highest BCUT2D eigenvalue weighted by Crippen LogP contribution is 2.36. The van der Waals surface area contributed by atoms with Crippen molar-refractivity contribution in [3.63, 3.8) is 0 Å².